The van der Waals surface area contributed by atoms with Crippen molar-refractivity contribution in [3.63, 3.8) is 0 Å². The van der Waals surface area contributed by atoms with Gasteiger partial charge >= 0.3 is 5.97 Å². The Morgan fingerprint density at radius 2 is 1.93 bits per heavy atom. The molecule has 3 amide bonds. The first-order chi connectivity index (χ1) is 21.3. The number of hydrogen-bond donors (Lipinski definition) is 2. The number of carbonyl (C=O) groups excluding carboxylic acids is 4. The van der Waals surface area contributed by atoms with Crippen molar-refractivity contribution in [2.24, 2.45) is 11.8 Å². The Hall–Kier alpha value is -4.10. The van der Waals surface area contributed by atoms with E-state index in [4.69, 9.17) is 9.47 Å². The molecule has 234 valence electrons. The van der Waals surface area contributed by atoms with Crippen LogP contribution in [0.4, 0.5) is 0 Å². The van der Waals surface area contributed by atoms with Crippen molar-refractivity contribution in [3.8, 4) is 0 Å². The van der Waals surface area contributed by atoms with E-state index < -0.39 is 41.7 Å². The molecule has 13 nitrogen and oxygen atoms in total. The molecule has 0 aliphatic carbocycles. The third kappa shape index (κ3) is 5.38. The van der Waals surface area contributed by atoms with Crippen molar-refractivity contribution in [1.29, 1.82) is 0 Å². The van der Waals surface area contributed by atoms with Crippen LogP contribution in [-0.2, 0) is 35.3 Å². The molecule has 1 aromatic heterocycles. The summed E-state index contributed by atoms with van der Waals surface area (Å²) < 4.78 is 14.1. The number of hydrogen-bond acceptors (Lipinski definition) is 9. The second-order valence-electron chi connectivity index (χ2n) is 11.9. The Labute approximate surface area is 254 Å². The quantitative estimate of drug-likeness (QED) is 0.266. The number of amides is 3. The van der Waals surface area contributed by atoms with Crippen LogP contribution in [0.1, 0.15) is 39.0 Å². The third-order valence-electron chi connectivity index (χ3n) is 8.90. The molecule has 6 rings (SSSR count). The van der Waals surface area contributed by atoms with E-state index in [-0.39, 0.29) is 57.1 Å². The van der Waals surface area contributed by atoms with Crippen LogP contribution in [0.15, 0.2) is 48.6 Å². The predicted octanol–water partition coefficient (Wildman–Crippen LogP) is 0.929. The SMILES string of the molecule is C[C@@H]1CNC(=O)CC/C=C\[C@H]2O[C@]34C=CCN(Cn5nnc6ccccc65)C(=O)[C@H]3N(CCCCCO)C(=O)[C@@H]4[C@H]2C(=O)O1. The Kier molecular flexibility index (Phi) is 8.50. The van der Waals surface area contributed by atoms with Gasteiger partial charge in [-0.15, -0.1) is 5.10 Å². The maximum atomic E-state index is 14.5. The van der Waals surface area contributed by atoms with Gasteiger partial charge in [-0.25, -0.2) is 4.68 Å². The highest BCUT2D eigenvalue weighted by Crippen LogP contribution is 2.53. The summed E-state index contributed by atoms with van der Waals surface area (Å²) in [4.78, 5) is 57.9. The molecule has 44 heavy (non-hydrogen) atoms. The topological polar surface area (TPSA) is 156 Å². The van der Waals surface area contributed by atoms with Crippen LogP contribution in [0, 0.1) is 11.8 Å². The summed E-state index contributed by atoms with van der Waals surface area (Å²) in [6.45, 7) is 2.51. The average Bonchev–Trinajstić information content (AvgIpc) is 3.60. The predicted molar refractivity (Wildman–Crippen MR) is 156 cm³/mol. The first-order valence-electron chi connectivity index (χ1n) is 15.3. The number of aliphatic hydroxyl groups excluding tert-OH is 1. The van der Waals surface area contributed by atoms with Crippen LogP contribution in [-0.4, -0.2) is 104 Å². The highest BCUT2D eigenvalue weighted by atomic mass is 16.6. The van der Waals surface area contributed by atoms with Crippen LogP contribution < -0.4 is 5.32 Å². The number of aliphatic hydroxyl groups is 1. The van der Waals surface area contributed by atoms with Crippen molar-refractivity contribution in [2.75, 3.05) is 26.2 Å². The van der Waals surface area contributed by atoms with E-state index in [9.17, 15) is 24.3 Å². The molecule has 0 bridgehead atoms. The Morgan fingerprint density at radius 1 is 1.09 bits per heavy atom. The van der Waals surface area contributed by atoms with Crippen LogP contribution in [0.2, 0.25) is 0 Å². The van der Waals surface area contributed by atoms with Gasteiger partial charge in [-0.2, -0.15) is 0 Å². The normalized spacial score (nSPS) is 31.5. The molecule has 1 spiro atoms. The van der Waals surface area contributed by atoms with Crippen molar-refractivity contribution < 1.29 is 33.8 Å². The molecule has 2 N–H and O–H groups in total. The van der Waals surface area contributed by atoms with Gasteiger partial charge < -0.3 is 29.7 Å². The molecule has 13 heteroatoms. The number of cyclic esters (lactones) is 1. The number of nitrogens with one attached hydrogen (secondary N) is 1. The molecule has 5 heterocycles. The van der Waals surface area contributed by atoms with Gasteiger partial charge in [-0.3, -0.25) is 19.2 Å². The van der Waals surface area contributed by atoms with E-state index in [1.54, 1.807) is 39.6 Å². The second-order valence-corrected chi connectivity index (χ2v) is 11.9. The van der Waals surface area contributed by atoms with E-state index >= 15 is 0 Å². The fourth-order valence-corrected chi connectivity index (χ4v) is 6.83. The lowest BCUT2D eigenvalue weighted by atomic mass is 9.78. The van der Waals surface area contributed by atoms with Crippen LogP contribution >= 0.6 is 0 Å². The molecule has 2 fully saturated rings. The molecule has 0 unspecified atom stereocenters. The van der Waals surface area contributed by atoms with Crippen molar-refractivity contribution in [2.45, 2.75) is 69.5 Å². The van der Waals surface area contributed by atoms with Gasteiger partial charge in [0.1, 0.15) is 35.9 Å². The zero-order valence-electron chi connectivity index (χ0n) is 24.7. The highest BCUT2D eigenvalue weighted by Gasteiger charge is 2.71. The van der Waals surface area contributed by atoms with Gasteiger partial charge in [-0.1, -0.05) is 41.7 Å². The van der Waals surface area contributed by atoms with Gasteiger partial charge in [0.25, 0.3) is 5.91 Å². The number of ether oxygens (including phenoxy) is 2. The van der Waals surface area contributed by atoms with Crippen molar-refractivity contribution in [3.05, 3.63) is 48.6 Å². The second kappa shape index (κ2) is 12.5. The minimum atomic E-state index is -1.40. The van der Waals surface area contributed by atoms with Gasteiger partial charge in [0.2, 0.25) is 11.8 Å². The van der Waals surface area contributed by atoms with Crippen LogP contribution in [0.5, 0.6) is 0 Å². The fraction of sp³-hybridized carbons (Fsp3) is 0.548. The van der Waals surface area contributed by atoms with E-state index in [0.717, 1.165) is 5.52 Å². The lowest BCUT2D eigenvalue weighted by molar-refractivity contribution is -0.159. The van der Waals surface area contributed by atoms with E-state index in [1.165, 1.54) is 0 Å². The number of fused-ring (bicyclic) bond motifs is 3. The summed E-state index contributed by atoms with van der Waals surface area (Å²) in [6, 6.07) is 6.45. The average molecular weight is 607 g/mol. The minimum Gasteiger partial charge on any atom is -0.460 e. The molecule has 4 aliphatic heterocycles. The molecule has 2 saturated heterocycles. The van der Waals surface area contributed by atoms with E-state index in [2.05, 4.69) is 15.6 Å². The monoisotopic (exact) mass is 606 g/mol. The molecule has 0 radical (unpaired) electrons. The molecular formula is C31H38N6O7. The van der Waals surface area contributed by atoms with Gasteiger partial charge in [-0.05, 0) is 44.7 Å². The van der Waals surface area contributed by atoms with Gasteiger partial charge in [0.05, 0.1) is 24.1 Å². The third-order valence-corrected chi connectivity index (χ3v) is 8.90. The van der Waals surface area contributed by atoms with E-state index in [0.29, 0.717) is 31.2 Å². The van der Waals surface area contributed by atoms with Gasteiger partial charge in [0, 0.05) is 26.1 Å². The molecule has 1 aromatic carbocycles. The molecule has 0 saturated carbocycles. The summed E-state index contributed by atoms with van der Waals surface area (Å²) in [5, 5.41) is 20.5. The number of aromatic nitrogens is 3. The molecular weight excluding hydrogens is 568 g/mol. The zero-order valence-corrected chi connectivity index (χ0v) is 24.7. The van der Waals surface area contributed by atoms with Crippen LogP contribution in [0.25, 0.3) is 11.0 Å². The fourth-order valence-electron chi connectivity index (χ4n) is 6.83. The largest absolute Gasteiger partial charge is 0.460 e. The van der Waals surface area contributed by atoms with Crippen molar-refractivity contribution >= 4 is 34.7 Å². The number of para-hydroxylation sites is 1. The summed E-state index contributed by atoms with van der Waals surface area (Å²) >= 11 is 0. The standard InChI is InChI=1S/C31H38N6O7/c1-20-18-32-24(39)13-6-5-12-23-25(30(42)43-20)26-28(40)36(16-7-2-8-17-38)27-29(41)35(15-9-14-31(26,27)44-23)19-37-22-11-4-3-10-21(22)33-34-37/h3-5,9-12,14,20,23,25-27,38H,2,6-8,13,15-19H2,1H3,(H,32,39)/b12-5-/t20-,23-,25+,26+,27-,31+/m1/s1. The summed E-state index contributed by atoms with van der Waals surface area (Å²) in [6.07, 6.45) is 8.18. The summed E-state index contributed by atoms with van der Waals surface area (Å²) in [5.74, 6) is -3.37. The summed E-state index contributed by atoms with van der Waals surface area (Å²) in [7, 11) is 0. The van der Waals surface area contributed by atoms with Crippen LogP contribution in [0.3, 0.4) is 0 Å². The lowest BCUT2D eigenvalue weighted by Gasteiger charge is -2.35. The zero-order chi connectivity index (χ0) is 30.8. The maximum Gasteiger partial charge on any atom is 0.313 e. The lowest BCUT2D eigenvalue weighted by Crippen LogP contribution is -2.55. The number of nitrogens with zero attached hydrogens (tertiary/aromatic N) is 5. The Balaban J connectivity index is 1.37. The van der Waals surface area contributed by atoms with E-state index in [1.807, 2.05) is 30.3 Å². The smallest absolute Gasteiger partial charge is 0.313 e. The Bertz CT molecular complexity index is 1490. The number of likely N-dealkylation sites (tertiary alicyclic amines) is 1. The number of allylic oxidation sites excluding steroid dienone is 1. The number of rotatable bonds is 7. The Morgan fingerprint density at radius 3 is 2.77 bits per heavy atom. The number of carbonyl (C=O) groups is 4. The molecule has 4 aliphatic rings. The first kappa shape index (κ1) is 29.9. The summed E-state index contributed by atoms with van der Waals surface area (Å²) in [5.41, 5.74) is 0.0724. The van der Waals surface area contributed by atoms with Crippen molar-refractivity contribution in [1.82, 2.24) is 30.1 Å². The maximum absolute atomic E-state index is 14.5. The number of esters is 1. The highest BCUT2D eigenvalue weighted by molar-refractivity contribution is 5.99. The van der Waals surface area contributed by atoms with Gasteiger partial charge in [0.15, 0.2) is 0 Å². The molecule has 6 atom stereocenters. The first-order valence-corrected chi connectivity index (χ1v) is 15.3. The molecule has 2 aromatic rings. The minimum absolute atomic E-state index is 0.0366. The number of unbranched alkanes of at least 4 members (excludes halogenated alkanes) is 2. The number of benzene rings is 1.